The van der Waals surface area contributed by atoms with E-state index in [-0.39, 0.29) is 5.56 Å². The van der Waals surface area contributed by atoms with Crippen molar-refractivity contribution in [1.82, 2.24) is 9.78 Å². The van der Waals surface area contributed by atoms with Gasteiger partial charge in [-0.15, -0.1) is 11.3 Å². The summed E-state index contributed by atoms with van der Waals surface area (Å²) in [7, 11) is 0. The van der Waals surface area contributed by atoms with E-state index in [4.69, 9.17) is 4.74 Å². The Morgan fingerprint density at radius 3 is 2.26 bits per heavy atom. The molecule has 2 aromatic heterocycles. The zero-order valence-electron chi connectivity index (χ0n) is 16.6. The number of carbonyl (C=O) groups is 1. The SMILES string of the molecule is Cc1cc(C)cc(OC(=O)c2ccc(-n3nc(C(F)(F)F)cc3-c3cccs3)cc2)c1. The van der Waals surface area contributed by atoms with Crippen LogP contribution in [0.15, 0.2) is 66.0 Å². The van der Waals surface area contributed by atoms with E-state index in [2.05, 4.69) is 5.10 Å². The van der Waals surface area contributed by atoms with E-state index in [1.54, 1.807) is 41.8 Å². The molecule has 0 fully saturated rings. The van der Waals surface area contributed by atoms with Crippen molar-refractivity contribution in [2.24, 2.45) is 0 Å². The zero-order valence-corrected chi connectivity index (χ0v) is 17.4. The number of esters is 1. The third kappa shape index (κ3) is 4.54. The van der Waals surface area contributed by atoms with Gasteiger partial charge in [-0.2, -0.15) is 18.3 Å². The van der Waals surface area contributed by atoms with Crippen LogP contribution in [0.5, 0.6) is 5.75 Å². The molecule has 8 heteroatoms. The molecule has 2 heterocycles. The molecule has 0 N–H and O–H groups in total. The smallest absolute Gasteiger partial charge is 0.423 e. The highest BCUT2D eigenvalue weighted by Gasteiger charge is 2.35. The molecule has 2 aromatic carbocycles. The van der Waals surface area contributed by atoms with Crippen LogP contribution in [0.3, 0.4) is 0 Å². The predicted molar refractivity (Wildman–Crippen MR) is 113 cm³/mol. The summed E-state index contributed by atoms with van der Waals surface area (Å²) in [5.41, 5.74) is 1.98. The van der Waals surface area contributed by atoms with Crippen LogP contribution >= 0.6 is 11.3 Å². The van der Waals surface area contributed by atoms with Crippen LogP contribution in [0.25, 0.3) is 16.3 Å². The summed E-state index contributed by atoms with van der Waals surface area (Å²) in [6.07, 6.45) is -4.56. The van der Waals surface area contributed by atoms with Gasteiger partial charge in [0.1, 0.15) is 5.75 Å². The van der Waals surface area contributed by atoms with E-state index in [1.165, 1.54) is 28.2 Å². The molecule has 0 aliphatic carbocycles. The number of hydrogen-bond acceptors (Lipinski definition) is 4. The second kappa shape index (κ2) is 8.03. The number of halogens is 3. The van der Waals surface area contributed by atoms with Crippen molar-refractivity contribution < 1.29 is 22.7 Å². The third-order valence-corrected chi connectivity index (χ3v) is 5.42. The van der Waals surface area contributed by atoms with Gasteiger partial charge in [0, 0.05) is 0 Å². The van der Waals surface area contributed by atoms with Gasteiger partial charge in [-0.1, -0.05) is 12.1 Å². The van der Waals surface area contributed by atoms with Crippen LogP contribution in [0.4, 0.5) is 13.2 Å². The maximum atomic E-state index is 13.2. The van der Waals surface area contributed by atoms with Crippen molar-refractivity contribution >= 4 is 17.3 Å². The molecule has 0 amide bonds. The number of nitrogens with zero attached hydrogens (tertiary/aromatic N) is 2. The number of ether oxygens (including phenoxy) is 1. The molecule has 0 bridgehead atoms. The summed E-state index contributed by atoms with van der Waals surface area (Å²) >= 11 is 1.32. The highest BCUT2D eigenvalue weighted by molar-refractivity contribution is 7.13. The van der Waals surface area contributed by atoms with Crippen LogP contribution in [-0.2, 0) is 6.18 Å². The van der Waals surface area contributed by atoms with Crippen LogP contribution in [0.1, 0.15) is 27.2 Å². The number of alkyl halides is 3. The third-order valence-electron chi connectivity index (χ3n) is 4.53. The van der Waals surface area contributed by atoms with E-state index in [9.17, 15) is 18.0 Å². The first-order chi connectivity index (χ1) is 14.7. The Morgan fingerprint density at radius 1 is 1.00 bits per heavy atom. The van der Waals surface area contributed by atoms with Crippen molar-refractivity contribution in [3.05, 3.63) is 88.4 Å². The molecule has 0 saturated carbocycles. The lowest BCUT2D eigenvalue weighted by Crippen LogP contribution is -2.10. The van der Waals surface area contributed by atoms with Gasteiger partial charge in [-0.25, -0.2) is 9.48 Å². The van der Waals surface area contributed by atoms with Gasteiger partial charge < -0.3 is 4.74 Å². The first-order valence-electron chi connectivity index (χ1n) is 9.33. The Balaban J connectivity index is 1.63. The number of rotatable bonds is 4. The second-order valence-corrected chi connectivity index (χ2v) is 8.01. The molecule has 31 heavy (non-hydrogen) atoms. The summed E-state index contributed by atoms with van der Waals surface area (Å²) in [6, 6.07) is 16.1. The van der Waals surface area contributed by atoms with Gasteiger partial charge in [0.15, 0.2) is 5.69 Å². The highest BCUT2D eigenvalue weighted by Crippen LogP contribution is 2.34. The monoisotopic (exact) mass is 442 g/mol. The van der Waals surface area contributed by atoms with Gasteiger partial charge in [-0.05, 0) is 78.9 Å². The average molecular weight is 442 g/mol. The van der Waals surface area contributed by atoms with Crippen molar-refractivity contribution in [2.75, 3.05) is 0 Å². The first kappa shape index (κ1) is 20.9. The van der Waals surface area contributed by atoms with E-state index < -0.39 is 17.8 Å². The lowest BCUT2D eigenvalue weighted by molar-refractivity contribution is -0.141. The van der Waals surface area contributed by atoms with Crippen LogP contribution < -0.4 is 4.74 Å². The molecule has 0 saturated heterocycles. The Kier molecular flexibility index (Phi) is 5.41. The number of benzene rings is 2. The molecule has 4 rings (SSSR count). The fourth-order valence-electron chi connectivity index (χ4n) is 3.21. The fourth-order valence-corrected chi connectivity index (χ4v) is 3.94. The Morgan fingerprint density at radius 2 is 1.68 bits per heavy atom. The summed E-state index contributed by atoms with van der Waals surface area (Å²) < 4.78 is 46.4. The first-order valence-corrected chi connectivity index (χ1v) is 10.2. The van der Waals surface area contributed by atoms with E-state index in [0.717, 1.165) is 17.2 Å². The number of carbonyl (C=O) groups excluding carboxylic acids is 1. The van der Waals surface area contributed by atoms with E-state index in [0.29, 0.717) is 22.0 Å². The van der Waals surface area contributed by atoms with Gasteiger partial charge >= 0.3 is 12.1 Å². The van der Waals surface area contributed by atoms with Crippen LogP contribution in [-0.4, -0.2) is 15.7 Å². The molecule has 0 radical (unpaired) electrons. The van der Waals surface area contributed by atoms with E-state index in [1.807, 2.05) is 19.9 Å². The molecule has 0 aliphatic rings. The summed E-state index contributed by atoms with van der Waals surface area (Å²) in [5, 5.41) is 5.54. The number of aryl methyl sites for hydroxylation is 2. The topological polar surface area (TPSA) is 44.1 Å². The standard InChI is InChI=1S/C23H17F3N2O2S/c1-14-10-15(2)12-18(11-14)30-22(29)16-5-7-17(8-6-16)28-19(20-4-3-9-31-20)13-21(27-28)23(24,25)26/h3-13H,1-2H3. The quantitative estimate of drug-likeness (QED) is 0.269. The van der Waals surface area contributed by atoms with Crippen molar-refractivity contribution in [2.45, 2.75) is 20.0 Å². The summed E-state index contributed by atoms with van der Waals surface area (Å²) in [5.74, 6) is -0.111. The highest BCUT2D eigenvalue weighted by atomic mass is 32.1. The molecule has 0 aliphatic heterocycles. The largest absolute Gasteiger partial charge is 0.435 e. The average Bonchev–Trinajstić information content (AvgIpc) is 3.36. The molecular weight excluding hydrogens is 425 g/mol. The van der Waals surface area contributed by atoms with Gasteiger partial charge in [-0.3, -0.25) is 0 Å². The van der Waals surface area contributed by atoms with Gasteiger partial charge in [0.25, 0.3) is 0 Å². The van der Waals surface area contributed by atoms with Gasteiger partial charge in [0.2, 0.25) is 0 Å². The van der Waals surface area contributed by atoms with Crippen molar-refractivity contribution in [3.63, 3.8) is 0 Å². The maximum Gasteiger partial charge on any atom is 0.435 e. The lowest BCUT2D eigenvalue weighted by Gasteiger charge is -2.09. The Labute approximate surface area is 180 Å². The van der Waals surface area contributed by atoms with Crippen molar-refractivity contribution in [1.29, 1.82) is 0 Å². The van der Waals surface area contributed by atoms with Crippen molar-refractivity contribution in [3.8, 4) is 22.0 Å². The summed E-state index contributed by atoms with van der Waals surface area (Å²) in [6.45, 7) is 3.81. The van der Waals surface area contributed by atoms with Crippen LogP contribution in [0, 0.1) is 13.8 Å². The number of thiophene rings is 1. The minimum atomic E-state index is -4.56. The molecule has 4 nitrogen and oxygen atoms in total. The fraction of sp³-hybridized carbons (Fsp3) is 0.130. The molecule has 4 aromatic rings. The molecule has 0 spiro atoms. The Hall–Kier alpha value is -3.39. The molecular formula is C23H17F3N2O2S. The predicted octanol–water partition coefficient (Wildman–Crippen LogP) is 6.46. The number of hydrogen-bond donors (Lipinski definition) is 0. The minimum Gasteiger partial charge on any atom is -0.423 e. The maximum absolute atomic E-state index is 13.2. The number of aromatic nitrogens is 2. The van der Waals surface area contributed by atoms with Gasteiger partial charge in [0.05, 0.1) is 21.8 Å². The van der Waals surface area contributed by atoms with Crippen LogP contribution in [0.2, 0.25) is 0 Å². The molecule has 0 atom stereocenters. The molecule has 158 valence electrons. The Bertz CT molecular complexity index is 1210. The van der Waals surface area contributed by atoms with E-state index >= 15 is 0 Å². The molecule has 0 unspecified atom stereocenters. The minimum absolute atomic E-state index is 0.281. The zero-order chi connectivity index (χ0) is 22.2. The second-order valence-electron chi connectivity index (χ2n) is 7.06. The normalized spacial score (nSPS) is 11.5. The lowest BCUT2D eigenvalue weighted by atomic mass is 10.1. The summed E-state index contributed by atoms with van der Waals surface area (Å²) in [4.78, 5) is 13.1.